The molecule has 0 aliphatic rings. The van der Waals surface area contributed by atoms with Gasteiger partial charge in [-0.05, 0) is 58.2 Å². The number of hydrogen-bond acceptors (Lipinski definition) is 2. The predicted octanol–water partition coefficient (Wildman–Crippen LogP) is 4.01. The molecule has 0 saturated carbocycles. The van der Waals surface area contributed by atoms with Crippen molar-refractivity contribution in [3.63, 3.8) is 0 Å². The molecular formula is C15H16BrFN2. The summed E-state index contributed by atoms with van der Waals surface area (Å²) in [5.74, 6) is -0.240. The third-order valence-electron chi connectivity index (χ3n) is 2.96. The maximum absolute atomic E-state index is 12.9. The lowest BCUT2D eigenvalue weighted by Crippen LogP contribution is -2.20. The molecule has 19 heavy (non-hydrogen) atoms. The molecule has 0 heterocycles. The van der Waals surface area contributed by atoms with E-state index in [9.17, 15) is 4.39 Å². The Labute approximate surface area is 121 Å². The Bertz CT molecular complexity index is 555. The lowest BCUT2D eigenvalue weighted by molar-refractivity contribution is 0.626. The maximum Gasteiger partial charge on any atom is 0.123 e. The van der Waals surface area contributed by atoms with E-state index in [1.54, 1.807) is 12.1 Å². The van der Waals surface area contributed by atoms with E-state index >= 15 is 0 Å². The minimum atomic E-state index is -0.240. The van der Waals surface area contributed by atoms with Crippen LogP contribution in [0.25, 0.3) is 0 Å². The minimum Gasteiger partial charge on any atom is -0.376 e. The summed E-state index contributed by atoms with van der Waals surface area (Å²) in [7, 11) is 0. The molecule has 0 bridgehead atoms. The van der Waals surface area contributed by atoms with Crippen LogP contribution in [-0.2, 0) is 0 Å². The largest absolute Gasteiger partial charge is 0.376 e. The molecule has 2 aromatic rings. The van der Waals surface area contributed by atoms with E-state index in [2.05, 4.69) is 27.3 Å². The van der Waals surface area contributed by atoms with Crippen LogP contribution in [-0.4, -0.2) is 6.54 Å². The Morgan fingerprint density at radius 1 is 1.21 bits per heavy atom. The predicted molar refractivity (Wildman–Crippen MR) is 80.7 cm³/mol. The zero-order valence-corrected chi connectivity index (χ0v) is 12.2. The summed E-state index contributed by atoms with van der Waals surface area (Å²) in [6.45, 7) is 2.47. The van der Waals surface area contributed by atoms with E-state index in [-0.39, 0.29) is 11.9 Å². The fourth-order valence-electron chi connectivity index (χ4n) is 1.91. The first kappa shape index (κ1) is 14.0. The van der Waals surface area contributed by atoms with Gasteiger partial charge in [-0.1, -0.05) is 18.2 Å². The second-order valence-electron chi connectivity index (χ2n) is 4.47. The van der Waals surface area contributed by atoms with Crippen molar-refractivity contribution < 1.29 is 4.39 Å². The Kier molecular flexibility index (Phi) is 4.56. The van der Waals surface area contributed by atoms with Crippen LogP contribution in [0, 0.1) is 12.7 Å². The van der Waals surface area contributed by atoms with Gasteiger partial charge in [0.05, 0.1) is 6.04 Å². The molecule has 0 saturated heterocycles. The Morgan fingerprint density at radius 2 is 1.89 bits per heavy atom. The number of hydrogen-bond donors (Lipinski definition) is 2. The molecule has 4 heteroatoms. The molecule has 1 atom stereocenters. The highest BCUT2D eigenvalue weighted by molar-refractivity contribution is 9.10. The van der Waals surface area contributed by atoms with Gasteiger partial charge in [0.25, 0.3) is 0 Å². The second kappa shape index (κ2) is 6.17. The van der Waals surface area contributed by atoms with Crippen LogP contribution < -0.4 is 11.1 Å². The van der Waals surface area contributed by atoms with Crippen molar-refractivity contribution >= 4 is 21.6 Å². The Hall–Kier alpha value is -1.39. The first-order valence-corrected chi connectivity index (χ1v) is 6.87. The van der Waals surface area contributed by atoms with Gasteiger partial charge in [0.15, 0.2) is 0 Å². The van der Waals surface area contributed by atoms with Crippen molar-refractivity contribution in [3.05, 3.63) is 63.9 Å². The third-order valence-corrected chi connectivity index (χ3v) is 3.65. The van der Waals surface area contributed by atoms with Crippen LogP contribution in [0.1, 0.15) is 17.2 Å². The fourth-order valence-corrected chi connectivity index (χ4v) is 2.27. The van der Waals surface area contributed by atoms with Crippen LogP contribution in [0.4, 0.5) is 10.1 Å². The highest BCUT2D eigenvalue weighted by atomic mass is 79.9. The quantitative estimate of drug-likeness (QED) is 0.892. The average molecular weight is 323 g/mol. The third kappa shape index (κ3) is 3.55. The zero-order chi connectivity index (χ0) is 13.8. The van der Waals surface area contributed by atoms with Gasteiger partial charge in [-0.3, -0.25) is 0 Å². The van der Waals surface area contributed by atoms with Crippen LogP contribution >= 0.6 is 15.9 Å². The van der Waals surface area contributed by atoms with E-state index in [4.69, 9.17) is 5.73 Å². The van der Waals surface area contributed by atoms with E-state index in [1.165, 1.54) is 17.7 Å². The van der Waals surface area contributed by atoms with Gasteiger partial charge in [-0.2, -0.15) is 0 Å². The number of aryl methyl sites for hydroxylation is 1. The second-order valence-corrected chi connectivity index (χ2v) is 5.32. The van der Waals surface area contributed by atoms with E-state index in [0.29, 0.717) is 6.54 Å². The average Bonchev–Trinajstić information content (AvgIpc) is 2.41. The number of rotatable bonds is 4. The molecule has 0 radical (unpaired) electrons. The van der Waals surface area contributed by atoms with E-state index in [1.807, 2.05) is 19.1 Å². The molecular weight excluding hydrogens is 307 g/mol. The molecule has 3 N–H and O–H groups in total. The molecule has 2 aromatic carbocycles. The summed E-state index contributed by atoms with van der Waals surface area (Å²) in [5.41, 5.74) is 8.93. The normalized spacial score (nSPS) is 12.2. The monoisotopic (exact) mass is 322 g/mol. The van der Waals surface area contributed by atoms with Crippen LogP contribution in [0.3, 0.4) is 0 Å². The summed E-state index contributed by atoms with van der Waals surface area (Å²) in [5, 5.41) is 3.38. The minimum absolute atomic E-state index is 0.0429. The Balaban J connectivity index is 2.23. The smallest absolute Gasteiger partial charge is 0.123 e. The number of anilines is 1. The number of nitrogens with two attached hydrogens (primary N) is 1. The van der Waals surface area contributed by atoms with Gasteiger partial charge >= 0.3 is 0 Å². The lowest BCUT2D eigenvalue weighted by Gasteiger charge is -2.20. The number of benzene rings is 2. The van der Waals surface area contributed by atoms with Gasteiger partial charge in [-0.25, -0.2) is 4.39 Å². The van der Waals surface area contributed by atoms with Gasteiger partial charge in [0.1, 0.15) is 5.82 Å². The van der Waals surface area contributed by atoms with Crippen molar-refractivity contribution in [2.45, 2.75) is 13.0 Å². The van der Waals surface area contributed by atoms with Crippen molar-refractivity contribution in [1.29, 1.82) is 0 Å². The molecule has 0 amide bonds. The molecule has 100 valence electrons. The van der Waals surface area contributed by atoms with E-state index in [0.717, 1.165) is 15.7 Å². The summed E-state index contributed by atoms with van der Waals surface area (Å²) in [4.78, 5) is 0. The molecule has 0 aliphatic heterocycles. The molecule has 2 rings (SSSR count). The SMILES string of the molecule is Cc1ccc(Br)c(NC(CN)c2ccc(F)cc2)c1. The van der Waals surface area contributed by atoms with Gasteiger partial charge < -0.3 is 11.1 Å². The highest BCUT2D eigenvalue weighted by Gasteiger charge is 2.11. The summed E-state index contributed by atoms with van der Waals surface area (Å²) in [6, 6.07) is 12.4. The van der Waals surface area contributed by atoms with Crippen LogP contribution in [0.5, 0.6) is 0 Å². The van der Waals surface area contributed by atoms with Crippen molar-refractivity contribution in [1.82, 2.24) is 0 Å². The van der Waals surface area contributed by atoms with Gasteiger partial charge in [0.2, 0.25) is 0 Å². The molecule has 1 unspecified atom stereocenters. The number of halogens is 2. The van der Waals surface area contributed by atoms with Crippen molar-refractivity contribution in [3.8, 4) is 0 Å². The molecule has 0 aromatic heterocycles. The zero-order valence-electron chi connectivity index (χ0n) is 10.7. The summed E-state index contributed by atoms with van der Waals surface area (Å²) < 4.78 is 13.9. The van der Waals surface area contributed by atoms with Crippen molar-refractivity contribution in [2.24, 2.45) is 5.73 Å². The molecule has 0 fully saturated rings. The number of nitrogens with one attached hydrogen (secondary N) is 1. The van der Waals surface area contributed by atoms with Crippen LogP contribution in [0.15, 0.2) is 46.9 Å². The standard InChI is InChI=1S/C15H16BrFN2/c1-10-2-7-13(16)14(8-10)19-15(9-18)11-3-5-12(17)6-4-11/h2-8,15,19H,9,18H2,1H3. The van der Waals surface area contributed by atoms with Crippen LogP contribution in [0.2, 0.25) is 0 Å². The topological polar surface area (TPSA) is 38.0 Å². The summed E-state index contributed by atoms with van der Waals surface area (Å²) in [6.07, 6.45) is 0. The Morgan fingerprint density at radius 3 is 2.53 bits per heavy atom. The molecule has 0 spiro atoms. The first-order valence-electron chi connectivity index (χ1n) is 6.08. The maximum atomic E-state index is 12.9. The van der Waals surface area contributed by atoms with Gasteiger partial charge in [-0.15, -0.1) is 0 Å². The highest BCUT2D eigenvalue weighted by Crippen LogP contribution is 2.27. The molecule has 0 aliphatic carbocycles. The lowest BCUT2D eigenvalue weighted by atomic mass is 10.1. The van der Waals surface area contributed by atoms with Gasteiger partial charge in [0, 0.05) is 16.7 Å². The van der Waals surface area contributed by atoms with E-state index < -0.39 is 0 Å². The first-order chi connectivity index (χ1) is 9.10. The summed E-state index contributed by atoms with van der Waals surface area (Å²) >= 11 is 3.51. The molecule has 2 nitrogen and oxygen atoms in total. The fraction of sp³-hybridized carbons (Fsp3) is 0.200. The van der Waals surface area contributed by atoms with Crippen molar-refractivity contribution in [2.75, 3.05) is 11.9 Å².